The zero-order valence-corrected chi connectivity index (χ0v) is 19.6. The van der Waals surface area contributed by atoms with Crippen LogP contribution in [0, 0.1) is 5.82 Å². The summed E-state index contributed by atoms with van der Waals surface area (Å²) in [5.41, 5.74) is 7.47. The summed E-state index contributed by atoms with van der Waals surface area (Å²) in [4.78, 5) is 19.5. The Balaban J connectivity index is 1.45. The summed E-state index contributed by atoms with van der Waals surface area (Å²) in [5.74, 6) is -0.123. The van der Waals surface area contributed by atoms with E-state index in [4.69, 9.17) is 9.97 Å². The van der Waals surface area contributed by atoms with Crippen molar-refractivity contribution in [2.24, 2.45) is 0 Å². The summed E-state index contributed by atoms with van der Waals surface area (Å²) in [6.07, 6.45) is 3.66. The van der Waals surface area contributed by atoms with E-state index < -0.39 is 5.82 Å². The fourth-order valence-corrected chi connectivity index (χ4v) is 4.41. The molecule has 6 aromatic rings. The number of H-pyrrole nitrogens is 2. The van der Waals surface area contributed by atoms with Crippen LogP contribution in [0.5, 0.6) is 5.75 Å². The van der Waals surface area contributed by atoms with Crippen molar-refractivity contribution in [3.63, 3.8) is 0 Å². The van der Waals surface area contributed by atoms with Crippen LogP contribution in [0.3, 0.4) is 0 Å². The zero-order valence-electron chi connectivity index (χ0n) is 19.6. The van der Waals surface area contributed by atoms with Gasteiger partial charge in [-0.25, -0.2) is 14.4 Å². The van der Waals surface area contributed by atoms with Gasteiger partial charge in [0.2, 0.25) is 0 Å². The number of hydrogen-bond donors (Lipinski definition) is 3. The Kier molecular flexibility index (Phi) is 5.19. The number of benzene rings is 2. The third kappa shape index (κ3) is 3.95. The molecular weight excluding hydrogens is 457 g/mol. The molecule has 0 aliphatic rings. The Morgan fingerprint density at radius 2 is 1.81 bits per heavy atom. The monoisotopic (exact) mass is 479 g/mol. The van der Waals surface area contributed by atoms with Crippen molar-refractivity contribution in [3.8, 4) is 39.7 Å². The van der Waals surface area contributed by atoms with Crippen LogP contribution in [-0.2, 0) is 6.54 Å². The molecule has 178 valence electrons. The largest absolute Gasteiger partial charge is 0.508 e. The maximum atomic E-state index is 14.0. The molecule has 4 heterocycles. The predicted octanol–water partition coefficient (Wildman–Crippen LogP) is 5.14. The van der Waals surface area contributed by atoms with Crippen molar-refractivity contribution in [1.82, 2.24) is 35.0 Å². The van der Waals surface area contributed by atoms with E-state index >= 15 is 0 Å². The van der Waals surface area contributed by atoms with Crippen LogP contribution >= 0.6 is 0 Å². The van der Waals surface area contributed by atoms with Crippen LogP contribution in [0.15, 0.2) is 67.0 Å². The van der Waals surface area contributed by atoms with Gasteiger partial charge in [0.1, 0.15) is 17.1 Å². The number of aromatic nitrogens is 6. The molecule has 3 N–H and O–H groups in total. The lowest BCUT2D eigenvalue weighted by Gasteiger charge is -2.10. The van der Waals surface area contributed by atoms with Gasteiger partial charge >= 0.3 is 0 Å². The standard InChI is InChI=1S/C27H22FN7O/c1-35(2)14-15-8-17(13-29-12-15)21-6-7-23-25(30-21)26(34-33-23)27-31-22-5-3-4-20(24(22)32-27)16-9-18(28)11-19(36)10-16/h3-13,36H,14H2,1-2H3,(H,31,32)(H,33,34). The highest BCUT2D eigenvalue weighted by atomic mass is 19.1. The SMILES string of the molecule is CN(C)Cc1cncc(-c2ccc3[nH]nc(-c4nc5c(-c6cc(O)cc(F)c6)cccc5[nH]4)c3n2)c1. The third-order valence-electron chi connectivity index (χ3n) is 5.93. The predicted molar refractivity (Wildman–Crippen MR) is 137 cm³/mol. The van der Waals surface area contributed by atoms with Gasteiger partial charge < -0.3 is 15.0 Å². The highest BCUT2D eigenvalue weighted by molar-refractivity contribution is 5.96. The van der Waals surface area contributed by atoms with Crippen molar-refractivity contribution in [2.45, 2.75) is 6.54 Å². The van der Waals surface area contributed by atoms with Crippen LogP contribution in [0.1, 0.15) is 5.56 Å². The Labute approximate surface area is 205 Å². The molecule has 0 atom stereocenters. The second-order valence-electron chi connectivity index (χ2n) is 8.97. The highest BCUT2D eigenvalue weighted by Gasteiger charge is 2.17. The van der Waals surface area contributed by atoms with Crippen molar-refractivity contribution in [3.05, 3.63) is 78.4 Å². The quantitative estimate of drug-likeness (QED) is 0.316. The lowest BCUT2D eigenvalue weighted by molar-refractivity contribution is 0.402. The molecule has 2 aromatic carbocycles. The van der Waals surface area contributed by atoms with Crippen LogP contribution in [-0.4, -0.2) is 54.2 Å². The summed E-state index contributed by atoms with van der Waals surface area (Å²) in [7, 11) is 4.04. The van der Waals surface area contributed by atoms with E-state index in [0.29, 0.717) is 33.7 Å². The van der Waals surface area contributed by atoms with Gasteiger partial charge in [0.25, 0.3) is 0 Å². The van der Waals surface area contributed by atoms with Gasteiger partial charge in [-0.15, -0.1) is 0 Å². The van der Waals surface area contributed by atoms with E-state index in [1.54, 1.807) is 6.20 Å². The first-order valence-corrected chi connectivity index (χ1v) is 11.4. The van der Waals surface area contributed by atoms with Crippen LogP contribution < -0.4 is 0 Å². The van der Waals surface area contributed by atoms with Gasteiger partial charge in [-0.1, -0.05) is 12.1 Å². The van der Waals surface area contributed by atoms with E-state index in [1.165, 1.54) is 12.1 Å². The number of aromatic hydroxyl groups is 1. The smallest absolute Gasteiger partial charge is 0.161 e. The lowest BCUT2D eigenvalue weighted by Crippen LogP contribution is -2.10. The summed E-state index contributed by atoms with van der Waals surface area (Å²) < 4.78 is 14.0. The molecule has 0 saturated heterocycles. The average Bonchev–Trinajstić information content (AvgIpc) is 3.46. The third-order valence-corrected chi connectivity index (χ3v) is 5.93. The lowest BCUT2D eigenvalue weighted by atomic mass is 10.0. The summed E-state index contributed by atoms with van der Waals surface area (Å²) >= 11 is 0. The molecular formula is C27H22FN7O. The first-order chi connectivity index (χ1) is 17.4. The van der Waals surface area contributed by atoms with Crippen molar-refractivity contribution in [2.75, 3.05) is 14.1 Å². The molecule has 0 spiro atoms. The number of halogens is 1. The molecule has 0 bridgehead atoms. The van der Waals surface area contributed by atoms with Gasteiger partial charge in [-0.2, -0.15) is 5.10 Å². The Hall–Kier alpha value is -4.63. The number of para-hydroxylation sites is 1. The molecule has 0 fully saturated rings. The Morgan fingerprint density at radius 1 is 0.917 bits per heavy atom. The zero-order chi connectivity index (χ0) is 24.8. The van der Waals surface area contributed by atoms with Crippen LogP contribution in [0.2, 0.25) is 0 Å². The number of nitrogens with one attached hydrogen (secondary N) is 2. The molecule has 0 amide bonds. The number of fused-ring (bicyclic) bond motifs is 2. The number of imidazole rings is 1. The number of aromatic amines is 2. The molecule has 0 unspecified atom stereocenters. The summed E-state index contributed by atoms with van der Waals surface area (Å²) in [6, 6.07) is 15.5. The van der Waals surface area contributed by atoms with Gasteiger partial charge in [-0.05, 0) is 61.6 Å². The molecule has 8 nitrogen and oxygen atoms in total. The number of phenols is 1. The molecule has 6 rings (SSSR count). The normalized spacial score (nSPS) is 11.7. The van der Waals surface area contributed by atoms with Gasteiger partial charge in [-0.3, -0.25) is 10.1 Å². The Morgan fingerprint density at radius 3 is 2.64 bits per heavy atom. The number of phenolic OH excluding ortho intramolecular Hbond substituents is 1. The van der Waals surface area contributed by atoms with E-state index in [1.807, 2.05) is 50.6 Å². The van der Waals surface area contributed by atoms with Crippen LogP contribution in [0.25, 0.3) is 56.0 Å². The minimum Gasteiger partial charge on any atom is -0.508 e. The first-order valence-electron chi connectivity index (χ1n) is 11.4. The maximum absolute atomic E-state index is 14.0. The van der Waals surface area contributed by atoms with Crippen molar-refractivity contribution in [1.29, 1.82) is 0 Å². The molecule has 4 aromatic heterocycles. The van der Waals surface area contributed by atoms with E-state index in [0.717, 1.165) is 40.5 Å². The van der Waals surface area contributed by atoms with Gasteiger partial charge in [0, 0.05) is 36.1 Å². The fourth-order valence-electron chi connectivity index (χ4n) is 4.41. The number of rotatable bonds is 5. The maximum Gasteiger partial charge on any atom is 0.161 e. The fraction of sp³-hybridized carbons (Fsp3) is 0.111. The second kappa shape index (κ2) is 8.54. The first kappa shape index (κ1) is 21.9. The molecule has 0 aliphatic carbocycles. The average molecular weight is 480 g/mol. The second-order valence-corrected chi connectivity index (χ2v) is 8.97. The Bertz CT molecular complexity index is 1720. The van der Waals surface area contributed by atoms with Crippen molar-refractivity contribution >= 4 is 22.1 Å². The molecule has 0 radical (unpaired) electrons. The van der Waals surface area contributed by atoms with Gasteiger partial charge in [0.05, 0.1) is 22.2 Å². The molecule has 0 saturated carbocycles. The number of nitrogens with zero attached hydrogens (tertiary/aromatic N) is 5. The summed E-state index contributed by atoms with van der Waals surface area (Å²) in [5, 5.41) is 17.4. The number of hydrogen-bond acceptors (Lipinski definition) is 6. The molecule has 0 aliphatic heterocycles. The van der Waals surface area contributed by atoms with E-state index in [2.05, 4.69) is 31.1 Å². The number of pyridine rings is 2. The minimum absolute atomic E-state index is 0.142. The summed E-state index contributed by atoms with van der Waals surface area (Å²) in [6.45, 7) is 0.782. The molecule has 9 heteroatoms. The van der Waals surface area contributed by atoms with E-state index in [9.17, 15) is 9.50 Å². The molecule has 36 heavy (non-hydrogen) atoms. The highest BCUT2D eigenvalue weighted by Crippen LogP contribution is 2.33. The minimum atomic E-state index is -0.517. The van der Waals surface area contributed by atoms with Crippen LogP contribution in [0.4, 0.5) is 4.39 Å². The van der Waals surface area contributed by atoms with Crippen molar-refractivity contribution < 1.29 is 9.50 Å². The topological polar surface area (TPSA) is 107 Å². The van der Waals surface area contributed by atoms with Gasteiger partial charge in [0.15, 0.2) is 11.5 Å². The van der Waals surface area contributed by atoms with E-state index in [-0.39, 0.29) is 5.75 Å².